The van der Waals surface area contributed by atoms with E-state index in [9.17, 15) is 9.18 Å². The zero-order valence-electron chi connectivity index (χ0n) is 9.64. The average Bonchev–Trinajstić information content (AvgIpc) is 2.28. The Balaban J connectivity index is 2.37. The minimum atomic E-state index is -0.259. The second-order valence-electron chi connectivity index (χ2n) is 3.69. The lowest BCUT2D eigenvalue weighted by Crippen LogP contribution is -2.18. The molecule has 1 rings (SSSR count). The molecule has 0 heterocycles. The van der Waals surface area contributed by atoms with E-state index in [-0.39, 0.29) is 11.7 Å². The van der Waals surface area contributed by atoms with Gasteiger partial charge in [0.05, 0.1) is 5.69 Å². The molecule has 4 heteroatoms. The van der Waals surface area contributed by atoms with Gasteiger partial charge < -0.3 is 10.6 Å². The molecule has 0 atom stereocenters. The fourth-order valence-electron chi connectivity index (χ4n) is 1.37. The molecule has 2 N–H and O–H groups in total. The third-order valence-electron chi connectivity index (χ3n) is 2.30. The first-order valence-electron chi connectivity index (χ1n) is 5.34. The molecule has 0 saturated carbocycles. The fourth-order valence-corrected chi connectivity index (χ4v) is 1.37. The largest absolute Gasteiger partial charge is 0.383 e. The van der Waals surface area contributed by atoms with Crippen molar-refractivity contribution in [2.24, 2.45) is 0 Å². The minimum Gasteiger partial charge on any atom is -0.383 e. The maximum Gasteiger partial charge on any atom is 0.219 e. The first kappa shape index (κ1) is 12.5. The van der Waals surface area contributed by atoms with Gasteiger partial charge in [0.2, 0.25) is 5.91 Å². The van der Waals surface area contributed by atoms with Crippen molar-refractivity contribution in [3.8, 4) is 0 Å². The highest BCUT2D eigenvalue weighted by molar-refractivity contribution is 5.75. The van der Waals surface area contributed by atoms with Crippen LogP contribution in [0.3, 0.4) is 0 Å². The summed E-state index contributed by atoms with van der Waals surface area (Å²) < 4.78 is 13.3. The first-order valence-corrected chi connectivity index (χ1v) is 5.34. The summed E-state index contributed by atoms with van der Waals surface area (Å²) in [7, 11) is 1.61. The van der Waals surface area contributed by atoms with Gasteiger partial charge in [0.25, 0.3) is 0 Å². The van der Waals surface area contributed by atoms with Crippen LogP contribution in [0.5, 0.6) is 0 Å². The van der Waals surface area contributed by atoms with Crippen molar-refractivity contribution in [3.63, 3.8) is 0 Å². The number of carbonyl (C=O) groups excluding carboxylic acids is 1. The molecule has 16 heavy (non-hydrogen) atoms. The highest BCUT2D eigenvalue weighted by Crippen LogP contribution is 2.15. The van der Waals surface area contributed by atoms with E-state index >= 15 is 0 Å². The van der Waals surface area contributed by atoms with E-state index in [0.717, 1.165) is 5.56 Å². The van der Waals surface area contributed by atoms with Crippen LogP contribution in [0, 0.1) is 12.7 Å². The predicted octanol–water partition coefficient (Wildman–Crippen LogP) is 2.07. The topological polar surface area (TPSA) is 41.1 Å². The smallest absolute Gasteiger partial charge is 0.219 e. The SMILES string of the molecule is CNC(=O)CCCNc1cc(C)ccc1F. The number of benzene rings is 1. The molecule has 0 radical (unpaired) electrons. The quantitative estimate of drug-likeness (QED) is 0.752. The highest BCUT2D eigenvalue weighted by atomic mass is 19.1. The fraction of sp³-hybridized carbons (Fsp3) is 0.417. The maximum absolute atomic E-state index is 13.3. The zero-order valence-corrected chi connectivity index (χ0v) is 9.64. The Morgan fingerprint density at radius 1 is 1.44 bits per heavy atom. The monoisotopic (exact) mass is 224 g/mol. The molecule has 1 amide bonds. The summed E-state index contributed by atoms with van der Waals surface area (Å²) in [6.07, 6.45) is 1.14. The van der Waals surface area contributed by atoms with E-state index in [4.69, 9.17) is 0 Å². The molecule has 0 aliphatic rings. The van der Waals surface area contributed by atoms with Gasteiger partial charge in [-0.05, 0) is 31.0 Å². The summed E-state index contributed by atoms with van der Waals surface area (Å²) in [5, 5.41) is 5.52. The summed E-state index contributed by atoms with van der Waals surface area (Å²) in [5.74, 6) is -0.253. The van der Waals surface area contributed by atoms with E-state index in [0.29, 0.717) is 25.1 Å². The van der Waals surface area contributed by atoms with Gasteiger partial charge >= 0.3 is 0 Å². The predicted molar refractivity (Wildman–Crippen MR) is 62.9 cm³/mol. The molecule has 0 bridgehead atoms. The Bertz CT molecular complexity index is 366. The van der Waals surface area contributed by atoms with Crippen molar-refractivity contribution >= 4 is 11.6 Å². The first-order chi connectivity index (χ1) is 7.63. The van der Waals surface area contributed by atoms with Crippen LogP contribution in [0.25, 0.3) is 0 Å². The van der Waals surface area contributed by atoms with Gasteiger partial charge in [0.15, 0.2) is 0 Å². The van der Waals surface area contributed by atoms with Crippen LogP contribution in [-0.2, 0) is 4.79 Å². The van der Waals surface area contributed by atoms with Gasteiger partial charge in [-0.3, -0.25) is 4.79 Å². The summed E-state index contributed by atoms with van der Waals surface area (Å²) in [4.78, 5) is 10.9. The average molecular weight is 224 g/mol. The summed E-state index contributed by atoms with van der Waals surface area (Å²) in [6, 6.07) is 4.93. The molecule has 88 valence electrons. The standard InChI is InChI=1S/C12H17FN2O/c1-9-5-6-10(13)11(8-9)15-7-3-4-12(16)14-2/h5-6,8,15H,3-4,7H2,1-2H3,(H,14,16). The number of anilines is 1. The van der Waals surface area contributed by atoms with Crippen molar-refractivity contribution in [2.75, 3.05) is 18.9 Å². The Hall–Kier alpha value is -1.58. The normalized spacial score (nSPS) is 9.94. The van der Waals surface area contributed by atoms with Crippen LogP contribution >= 0.6 is 0 Å². The van der Waals surface area contributed by atoms with Crippen molar-refractivity contribution < 1.29 is 9.18 Å². The molecule has 0 spiro atoms. The Labute approximate surface area is 95.0 Å². The minimum absolute atomic E-state index is 0.00603. The van der Waals surface area contributed by atoms with Crippen LogP contribution in [-0.4, -0.2) is 19.5 Å². The number of aryl methyl sites for hydroxylation is 1. The highest BCUT2D eigenvalue weighted by Gasteiger charge is 2.02. The van der Waals surface area contributed by atoms with Crippen molar-refractivity contribution in [3.05, 3.63) is 29.6 Å². The molecular formula is C12H17FN2O. The van der Waals surface area contributed by atoms with Gasteiger partial charge in [0, 0.05) is 20.0 Å². The van der Waals surface area contributed by atoms with Crippen LogP contribution in [0.15, 0.2) is 18.2 Å². The lowest BCUT2D eigenvalue weighted by molar-refractivity contribution is -0.120. The van der Waals surface area contributed by atoms with Gasteiger partial charge in [-0.15, -0.1) is 0 Å². The van der Waals surface area contributed by atoms with Crippen molar-refractivity contribution in [1.29, 1.82) is 0 Å². The lowest BCUT2D eigenvalue weighted by Gasteiger charge is -2.07. The van der Waals surface area contributed by atoms with Crippen molar-refractivity contribution in [1.82, 2.24) is 5.32 Å². The van der Waals surface area contributed by atoms with E-state index in [1.54, 1.807) is 19.2 Å². The van der Waals surface area contributed by atoms with Crippen LogP contribution in [0.2, 0.25) is 0 Å². The van der Waals surface area contributed by atoms with E-state index in [1.807, 2.05) is 6.92 Å². The van der Waals surface area contributed by atoms with E-state index in [2.05, 4.69) is 10.6 Å². The molecule has 0 unspecified atom stereocenters. The molecule has 1 aromatic rings. The zero-order chi connectivity index (χ0) is 12.0. The van der Waals surface area contributed by atoms with Crippen molar-refractivity contribution in [2.45, 2.75) is 19.8 Å². The number of rotatable bonds is 5. The van der Waals surface area contributed by atoms with Gasteiger partial charge in [0.1, 0.15) is 5.82 Å². The molecule has 1 aromatic carbocycles. The number of nitrogens with one attached hydrogen (secondary N) is 2. The number of hydrogen-bond donors (Lipinski definition) is 2. The molecular weight excluding hydrogens is 207 g/mol. The van der Waals surface area contributed by atoms with Crippen LogP contribution in [0.4, 0.5) is 10.1 Å². The maximum atomic E-state index is 13.3. The molecule has 3 nitrogen and oxygen atoms in total. The van der Waals surface area contributed by atoms with Gasteiger partial charge in [-0.2, -0.15) is 0 Å². The Morgan fingerprint density at radius 3 is 2.88 bits per heavy atom. The number of carbonyl (C=O) groups is 1. The second-order valence-corrected chi connectivity index (χ2v) is 3.69. The summed E-state index contributed by atoms with van der Waals surface area (Å²) in [5.41, 5.74) is 1.51. The van der Waals surface area contributed by atoms with E-state index < -0.39 is 0 Å². The van der Waals surface area contributed by atoms with E-state index in [1.165, 1.54) is 6.07 Å². The number of amides is 1. The molecule has 0 fully saturated rings. The van der Waals surface area contributed by atoms with Crippen LogP contribution in [0.1, 0.15) is 18.4 Å². The Kier molecular flexibility index (Phi) is 4.76. The summed E-state index contributed by atoms with van der Waals surface area (Å²) >= 11 is 0. The molecule has 0 saturated heterocycles. The number of halogens is 1. The van der Waals surface area contributed by atoms with Gasteiger partial charge in [-0.1, -0.05) is 6.07 Å². The number of hydrogen-bond acceptors (Lipinski definition) is 2. The lowest BCUT2D eigenvalue weighted by atomic mass is 10.2. The third-order valence-corrected chi connectivity index (χ3v) is 2.30. The molecule has 0 aliphatic carbocycles. The molecule has 0 aromatic heterocycles. The van der Waals surface area contributed by atoms with Gasteiger partial charge in [-0.25, -0.2) is 4.39 Å². The van der Waals surface area contributed by atoms with Crippen LogP contribution < -0.4 is 10.6 Å². The second kappa shape index (κ2) is 6.10. The summed E-state index contributed by atoms with van der Waals surface area (Å²) in [6.45, 7) is 2.50. The third kappa shape index (κ3) is 3.88. The Morgan fingerprint density at radius 2 is 2.19 bits per heavy atom. The molecule has 0 aliphatic heterocycles.